The highest BCUT2D eigenvalue weighted by atomic mass is 16.2. The number of anilines is 2. The van der Waals surface area contributed by atoms with Crippen molar-refractivity contribution in [3.63, 3.8) is 0 Å². The van der Waals surface area contributed by atoms with Crippen molar-refractivity contribution < 1.29 is 9.59 Å². The van der Waals surface area contributed by atoms with E-state index in [0.717, 1.165) is 17.0 Å². The van der Waals surface area contributed by atoms with Gasteiger partial charge in [-0.25, -0.2) is 9.97 Å². The van der Waals surface area contributed by atoms with E-state index in [1.807, 2.05) is 35.9 Å². The van der Waals surface area contributed by atoms with E-state index in [1.54, 1.807) is 42.6 Å². The number of carbonyl (C=O) groups excluding carboxylic acids is 2. The molecule has 10 nitrogen and oxygen atoms in total. The molecule has 0 bridgehead atoms. The maximum absolute atomic E-state index is 13.6. The number of aromatic nitrogens is 3. The number of hydrogen-bond donors (Lipinski definition) is 4. The molecule has 204 valence electrons. The monoisotopic (exact) mass is 528 g/mol. The Hall–Kier alpha value is -4.57. The summed E-state index contributed by atoms with van der Waals surface area (Å²) in [5.74, 6) is 1.14. The molecule has 0 saturated heterocycles. The van der Waals surface area contributed by atoms with Gasteiger partial charge in [0.2, 0.25) is 0 Å². The SMILES string of the molecule is C.Cn1c(CNc2ccc(C(=N)N)cc2)nc2cc(C(=O)N(CCC(=O)CCCN)c3ccccn3)ccc21. The van der Waals surface area contributed by atoms with Gasteiger partial charge in [0.25, 0.3) is 5.91 Å². The summed E-state index contributed by atoms with van der Waals surface area (Å²) in [4.78, 5) is 36.5. The molecule has 6 N–H and O–H groups in total. The maximum Gasteiger partial charge on any atom is 0.259 e. The van der Waals surface area contributed by atoms with Crippen molar-refractivity contribution in [1.29, 1.82) is 5.41 Å². The topological polar surface area (TPSA) is 156 Å². The average Bonchev–Trinajstić information content (AvgIpc) is 3.26. The first kappa shape index (κ1) is 29.0. The van der Waals surface area contributed by atoms with Crippen molar-refractivity contribution in [3.8, 4) is 0 Å². The summed E-state index contributed by atoms with van der Waals surface area (Å²) in [7, 11) is 1.93. The number of rotatable bonds is 12. The number of Topliss-reactive ketones (excluding diaryl/α,β-unsaturated/α-hetero) is 1. The summed E-state index contributed by atoms with van der Waals surface area (Å²) in [6.07, 6.45) is 2.89. The molecule has 0 aliphatic carbocycles. The highest BCUT2D eigenvalue weighted by Gasteiger charge is 2.21. The molecule has 4 aromatic rings. The number of imidazole rings is 1. The Morgan fingerprint density at radius 2 is 1.79 bits per heavy atom. The van der Waals surface area contributed by atoms with E-state index in [1.165, 1.54) is 4.90 Å². The zero-order valence-corrected chi connectivity index (χ0v) is 21.4. The molecule has 2 aromatic carbocycles. The van der Waals surface area contributed by atoms with Gasteiger partial charge in [-0.15, -0.1) is 0 Å². The van der Waals surface area contributed by atoms with Crippen LogP contribution in [0.3, 0.4) is 0 Å². The molecule has 1 amide bonds. The molecule has 39 heavy (non-hydrogen) atoms. The third-order valence-electron chi connectivity index (χ3n) is 6.31. The Morgan fingerprint density at radius 1 is 1.05 bits per heavy atom. The number of benzene rings is 2. The van der Waals surface area contributed by atoms with E-state index >= 15 is 0 Å². The first-order valence-electron chi connectivity index (χ1n) is 12.5. The number of amidine groups is 1. The number of amides is 1. The van der Waals surface area contributed by atoms with Gasteiger partial charge in [-0.05, 0) is 67.6 Å². The van der Waals surface area contributed by atoms with E-state index < -0.39 is 0 Å². The van der Waals surface area contributed by atoms with Gasteiger partial charge in [-0.1, -0.05) is 13.5 Å². The van der Waals surface area contributed by atoms with Crippen molar-refractivity contribution in [3.05, 3.63) is 83.8 Å². The molecule has 0 saturated carbocycles. The fraction of sp³-hybridized carbons (Fsp3) is 0.276. The third kappa shape index (κ3) is 7.05. The lowest BCUT2D eigenvalue weighted by atomic mass is 10.1. The molecule has 0 fully saturated rings. The first-order valence-corrected chi connectivity index (χ1v) is 12.5. The van der Waals surface area contributed by atoms with Crippen molar-refractivity contribution >= 4 is 40.1 Å². The number of aryl methyl sites for hydroxylation is 1. The minimum Gasteiger partial charge on any atom is -0.384 e. The van der Waals surface area contributed by atoms with Gasteiger partial charge in [0, 0.05) is 49.4 Å². The number of nitrogen functional groups attached to an aromatic ring is 1. The van der Waals surface area contributed by atoms with Crippen LogP contribution in [0.2, 0.25) is 0 Å². The largest absolute Gasteiger partial charge is 0.384 e. The summed E-state index contributed by atoms with van der Waals surface area (Å²) in [5, 5.41) is 10.8. The van der Waals surface area contributed by atoms with Gasteiger partial charge >= 0.3 is 0 Å². The third-order valence-corrected chi connectivity index (χ3v) is 6.31. The lowest BCUT2D eigenvalue weighted by molar-refractivity contribution is -0.118. The standard InChI is InChI=1S/C28H32N8O2.CH4/c1-35-24-12-9-20(17-23(24)34-26(35)18-33-21-10-7-19(8-11-21)27(30)31)28(38)36(25-6-2-3-15-32-25)16-13-22(37)5-4-14-29;/h2-3,6-12,15,17,33H,4-5,13-14,16,18,29H2,1H3,(H3,30,31);1H4. The second kappa shape index (κ2) is 13.3. The van der Waals surface area contributed by atoms with Crippen LogP contribution in [0.25, 0.3) is 11.0 Å². The molecule has 0 aliphatic heterocycles. The zero-order chi connectivity index (χ0) is 27.1. The molecule has 2 heterocycles. The van der Waals surface area contributed by atoms with Gasteiger partial charge in [0.15, 0.2) is 0 Å². The summed E-state index contributed by atoms with van der Waals surface area (Å²) in [6, 6.07) is 18.1. The van der Waals surface area contributed by atoms with Crippen LogP contribution in [0, 0.1) is 5.41 Å². The van der Waals surface area contributed by atoms with Crippen LogP contribution in [0.1, 0.15) is 48.4 Å². The molecule has 0 spiro atoms. The number of hydrogen-bond acceptors (Lipinski definition) is 7. The summed E-state index contributed by atoms with van der Waals surface area (Å²) < 4.78 is 1.98. The average molecular weight is 529 g/mol. The van der Waals surface area contributed by atoms with E-state index in [2.05, 4.69) is 10.3 Å². The van der Waals surface area contributed by atoms with Gasteiger partial charge in [-0.2, -0.15) is 0 Å². The first-order chi connectivity index (χ1) is 18.4. The minimum absolute atomic E-state index is 0. The van der Waals surface area contributed by atoms with Crippen LogP contribution in [-0.4, -0.2) is 45.2 Å². The second-order valence-electron chi connectivity index (χ2n) is 8.96. The lowest BCUT2D eigenvalue weighted by Crippen LogP contribution is -2.33. The summed E-state index contributed by atoms with van der Waals surface area (Å²) in [5.41, 5.74) is 14.6. The fourth-order valence-electron chi connectivity index (χ4n) is 4.14. The van der Waals surface area contributed by atoms with Crippen molar-refractivity contribution in [2.75, 3.05) is 23.3 Å². The molecule has 0 unspecified atom stereocenters. The van der Waals surface area contributed by atoms with Crippen LogP contribution in [0.4, 0.5) is 11.5 Å². The molecule has 0 aliphatic rings. The quantitative estimate of drug-likeness (QED) is 0.161. The molecular weight excluding hydrogens is 492 g/mol. The van der Waals surface area contributed by atoms with E-state index in [4.69, 9.17) is 21.9 Å². The highest BCUT2D eigenvalue weighted by Crippen LogP contribution is 2.21. The number of fused-ring (bicyclic) bond motifs is 1. The minimum atomic E-state index is -0.242. The maximum atomic E-state index is 13.6. The number of nitrogens with zero attached hydrogens (tertiary/aromatic N) is 4. The Kier molecular flexibility index (Phi) is 9.88. The number of nitrogens with two attached hydrogens (primary N) is 2. The predicted octanol–water partition coefficient (Wildman–Crippen LogP) is 3.85. The normalized spacial score (nSPS) is 10.6. The van der Waals surface area contributed by atoms with Gasteiger partial charge in [-0.3, -0.25) is 19.9 Å². The van der Waals surface area contributed by atoms with Crippen molar-refractivity contribution in [1.82, 2.24) is 14.5 Å². The second-order valence-corrected chi connectivity index (χ2v) is 8.96. The van der Waals surface area contributed by atoms with Crippen LogP contribution in [-0.2, 0) is 18.4 Å². The van der Waals surface area contributed by atoms with Gasteiger partial charge in [0.05, 0.1) is 17.6 Å². The van der Waals surface area contributed by atoms with Gasteiger partial charge in [0.1, 0.15) is 23.3 Å². The van der Waals surface area contributed by atoms with Crippen LogP contribution in [0.15, 0.2) is 66.9 Å². The lowest BCUT2D eigenvalue weighted by Gasteiger charge is -2.21. The van der Waals surface area contributed by atoms with Crippen LogP contribution in [0.5, 0.6) is 0 Å². The number of pyridine rings is 1. The molecule has 0 atom stereocenters. The van der Waals surface area contributed by atoms with Crippen molar-refractivity contribution in [2.24, 2.45) is 18.5 Å². The molecule has 10 heteroatoms. The van der Waals surface area contributed by atoms with Crippen LogP contribution >= 0.6 is 0 Å². The number of ketones is 1. The number of nitrogens with one attached hydrogen (secondary N) is 2. The molecule has 0 radical (unpaired) electrons. The van der Waals surface area contributed by atoms with E-state index in [0.29, 0.717) is 48.4 Å². The van der Waals surface area contributed by atoms with E-state index in [-0.39, 0.29) is 37.9 Å². The Bertz CT molecular complexity index is 1430. The Labute approximate surface area is 228 Å². The smallest absolute Gasteiger partial charge is 0.259 e. The predicted molar refractivity (Wildman–Crippen MR) is 156 cm³/mol. The Morgan fingerprint density at radius 3 is 2.46 bits per heavy atom. The fourth-order valence-corrected chi connectivity index (χ4v) is 4.14. The molecule has 4 rings (SSSR count). The van der Waals surface area contributed by atoms with Gasteiger partial charge < -0.3 is 21.4 Å². The van der Waals surface area contributed by atoms with Crippen molar-refractivity contribution in [2.45, 2.75) is 33.2 Å². The summed E-state index contributed by atoms with van der Waals surface area (Å²) >= 11 is 0. The zero-order valence-electron chi connectivity index (χ0n) is 21.4. The Balaban J connectivity index is 0.00000420. The molecular formula is C29H36N8O2. The number of carbonyl (C=O) groups is 2. The van der Waals surface area contributed by atoms with E-state index in [9.17, 15) is 9.59 Å². The summed E-state index contributed by atoms with van der Waals surface area (Å²) in [6.45, 7) is 1.16. The highest BCUT2D eigenvalue weighted by molar-refractivity contribution is 6.07. The van der Waals surface area contributed by atoms with Crippen LogP contribution < -0.4 is 21.7 Å². The molecule has 2 aromatic heterocycles.